The first kappa shape index (κ1) is 12.1. The largest absolute Gasteiger partial charge is 0.399 e. The molecule has 3 heteroatoms. The van der Waals surface area contributed by atoms with E-state index in [9.17, 15) is 0 Å². The Morgan fingerprint density at radius 3 is 2.41 bits per heavy atom. The fourth-order valence-corrected chi connectivity index (χ4v) is 2.79. The number of thiophene rings is 1. The van der Waals surface area contributed by atoms with Crippen LogP contribution in [0.25, 0.3) is 0 Å². The fourth-order valence-electron chi connectivity index (χ4n) is 1.80. The molecule has 2 aromatic rings. The van der Waals surface area contributed by atoms with Crippen molar-refractivity contribution in [3.63, 3.8) is 0 Å². The van der Waals surface area contributed by atoms with Crippen LogP contribution in [0.4, 0.5) is 5.69 Å². The molecule has 0 atom stereocenters. The minimum atomic E-state index is 0.825. The molecule has 90 valence electrons. The number of hydrogen-bond acceptors (Lipinski definition) is 3. The maximum absolute atomic E-state index is 5.68. The molecule has 2 N–H and O–H groups in total. The van der Waals surface area contributed by atoms with Crippen molar-refractivity contribution >= 4 is 17.0 Å². The van der Waals surface area contributed by atoms with Crippen molar-refractivity contribution in [2.75, 3.05) is 12.8 Å². The van der Waals surface area contributed by atoms with Crippen molar-refractivity contribution in [2.45, 2.75) is 20.0 Å². The normalized spacial score (nSPS) is 11.0. The van der Waals surface area contributed by atoms with E-state index >= 15 is 0 Å². The van der Waals surface area contributed by atoms with Crippen LogP contribution in [-0.4, -0.2) is 11.9 Å². The zero-order valence-electron chi connectivity index (χ0n) is 10.3. The summed E-state index contributed by atoms with van der Waals surface area (Å²) >= 11 is 1.83. The first-order valence-electron chi connectivity index (χ1n) is 5.71. The highest BCUT2D eigenvalue weighted by molar-refractivity contribution is 7.10. The number of hydrogen-bond donors (Lipinski definition) is 1. The van der Waals surface area contributed by atoms with Gasteiger partial charge in [-0.3, -0.25) is 4.90 Å². The van der Waals surface area contributed by atoms with Crippen LogP contribution < -0.4 is 5.73 Å². The molecule has 0 aliphatic rings. The summed E-state index contributed by atoms with van der Waals surface area (Å²) in [6.07, 6.45) is 0. The van der Waals surface area contributed by atoms with Crippen molar-refractivity contribution in [2.24, 2.45) is 0 Å². The second kappa shape index (κ2) is 5.34. The number of anilines is 1. The molecule has 0 fully saturated rings. The van der Waals surface area contributed by atoms with Crippen LogP contribution >= 0.6 is 11.3 Å². The summed E-state index contributed by atoms with van der Waals surface area (Å²) in [4.78, 5) is 3.77. The first-order valence-corrected chi connectivity index (χ1v) is 6.59. The van der Waals surface area contributed by atoms with Crippen LogP contribution in [0.5, 0.6) is 0 Å². The van der Waals surface area contributed by atoms with E-state index in [-0.39, 0.29) is 0 Å². The predicted octanol–water partition coefficient (Wildman–Crippen LogP) is 3.27. The average molecular weight is 246 g/mol. The summed E-state index contributed by atoms with van der Waals surface area (Å²) in [5.41, 5.74) is 9.19. The van der Waals surface area contributed by atoms with Gasteiger partial charge in [0.25, 0.3) is 0 Å². The van der Waals surface area contributed by atoms with Crippen molar-refractivity contribution in [3.05, 3.63) is 51.7 Å². The molecular weight excluding hydrogens is 228 g/mol. The number of nitrogen functional groups attached to an aromatic ring is 1. The molecule has 17 heavy (non-hydrogen) atoms. The Balaban J connectivity index is 1.95. The highest BCUT2D eigenvalue weighted by Crippen LogP contribution is 2.18. The van der Waals surface area contributed by atoms with Crippen LogP contribution in [0.15, 0.2) is 35.7 Å². The summed E-state index contributed by atoms with van der Waals surface area (Å²) in [6.45, 7) is 4.13. The maximum Gasteiger partial charge on any atom is 0.0331 e. The van der Waals surface area contributed by atoms with Gasteiger partial charge in [0, 0.05) is 23.7 Å². The quantitative estimate of drug-likeness (QED) is 0.839. The molecule has 2 rings (SSSR count). The number of aryl methyl sites for hydroxylation is 1. The molecule has 0 unspecified atom stereocenters. The second-order valence-electron chi connectivity index (χ2n) is 4.44. The summed E-state index contributed by atoms with van der Waals surface area (Å²) in [6, 6.07) is 10.3. The topological polar surface area (TPSA) is 29.3 Å². The third-order valence-electron chi connectivity index (χ3n) is 2.81. The molecule has 0 spiro atoms. The second-order valence-corrected chi connectivity index (χ2v) is 5.44. The van der Waals surface area contributed by atoms with Crippen LogP contribution in [0, 0.1) is 6.92 Å². The number of rotatable bonds is 4. The van der Waals surface area contributed by atoms with Crippen molar-refractivity contribution in [1.29, 1.82) is 0 Å². The smallest absolute Gasteiger partial charge is 0.0331 e. The van der Waals surface area contributed by atoms with Gasteiger partial charge in [-0.1, -0.05) is 12.1 Å². The van der Waals surface area contributed by atoms with E-state index in [0.29, 0.717) is 0 Å². The molecule has 0 amide bonds. The Morgan fingerprint density at radius 2 is 1.82 bits per heavy atom. The number of nitrogens with zero attached hydrogens (tertiary/aromatic N) is 1. The van der Waals surface area contributed by atoms with E-state index in [4.69, 9.17) is 5.73 Å². The lowest BCUT2D eigenvalue weighted by Gasteiger charge is -2.16. The van der Waals surface area contributed by atoms with E-state index in [1.165, 1.54) is 16.0 Å². The van der Waals surface area contributed by atoms with Gasteiger partial charge >= 0.3 is 0 Å². The van der Waals surface area contributed by atoms with Gasteiger partial charge in [0.2, 0.25) is 0 Å². The summed E-state index contributed by atoms with van der Waals surface area (Å²) < 4.78 is 0. The predicted molar refractivity (Wildman–Crippen MR) is 75.1 cm³/mol. The van der Waals surface area contributed by atoms with Gasteiger partial charge in [-0.25, -0.2) is 0 Å². The van der Waals surface area contributed by atoms with Gasteiger partial charge in [0.1, 0.15) is 0 Å². The van der Waals surface area contributed by atoms with Gasteiger partial charge in [0.05, 0.1) is 0 Å². The summed E-state index contributed by atoms with van der Waals surface area (Å²) in [5.74, 6) is 0. The molecule has 2 nitrogen and oxygen atoms in total. The monoisotopic (exact) mass is 246 g/mol. The highest BCUT2D eigenvalue weighted by atomic mass is 32.1. The van der Waals surface area contributed by atoms with Crippen LogP contribution in [0.3, 0.4) is 0 Å². The molecule has 1 aromatic carbocycles. The first-order chi connectivity index (χ1) is 8.15. The minimum Gasteiger partial charge on any atom is -0.399 e. The standard InChI is InChI=1S/C14H18N2S/c1-11-7-8-17-14(11)10-16(2)9-12-3-5-13(15)6-4-12/h3-8H,9-10,15H2,1-2H3. The van der Waals surface area contributed by atoms with Gasteiger partial charge in [-0.2, -0.15) is 0 Å². The Morgan fingerprint density at radius 1 is 1.12 bits per heavy atom. The number of benzene rings is 1. The zero-order valence-corrected chi connectivity index (χ0v) is 11.1. The van der Waals surface area contributed by atoms with E-state index in [2.05, 4.69) is 42.5 Å². The lowest BCUT2D eigenvalue weighted by Crippen LogP contribution is -2.16. The molecule has 0 aliphatic carbocycles. The maximum atomic E-state index is 5.68. The van der Waals surface area contributed by atoms with E-state index in [1.54, 1.807) is 0 Å². The lowest BCUT2D eigenvalue weighted by atomic mass is 10.2. The van der Waals surface area contributed by atoms with Gasteiger partial charge < -0.3 is 5.73 Å². The average Bonchev–Trinajstić information content (AvgIpc) is 2.68. The summed E-state index contributed by atoms with van der Waals surface area (Å²) in [7, 11) is 2.15. The van der Waals surface area contributed by atoms with Crippen molar-refractivity contribution in [1.82, 2.24) is 4.90 Å². The zero-order chi connectivity index (χ0) is 12.3. The van der Waals surface area contributed by atoms with E-state index < -0.39 is 0 Å². The van der Waals surface area contributed by atoms with Gasteiger partial charge in [-0.15, -0.1) is 11.3 Å². The SMILES string of the molecule is Cc1ccsc1CN(C)Cc1ccc(N)cc1. The molecule has 1 heterocycles. The Bertz CT molecular complexity index is 473. The molecule has 1 aromatic heterocycles. The molecule has 0 radical (unpaired) electrons. The van der Waals surface area contributed by atoms with Crippen LogP contribution in [-0.2, 0) is 13.1 Å². The van der Waals surface area contributed by atoms with Gasteiger partial charge in [0.15, 0.2) is 0 Å². The molecule has 0 bridgehead atoms. The minimum absolute atomic E-state index is 0.825. The lowest BCUT2D eigenvalue weighted by molar-refractivity contribution is 0.321. The molecule has 0 aliphatic heterocycles. The molecular formula is C14H18N2S. The van der Waals surface area contributed by atoms with Gasteiger partial charge in [-0.05, 0) is 48.7 Å². The summed E-state index contributed by atoms with van der Waals surface area (Å²) in [5, 5.41) is 2.15. The third-order valence-corrected chi connectivity index (χ3v) is 3.82. The third kappa shape index (κ3) is 3.32. The highest BCUT2D eigenvalue weighted by Gasteiger charge is 2.05. The Labute approximate surface area is 107 Å². The Hall–Kier alpha value is -1.32. The van der Waals surface area contributed by atoms with Crippen LogP contribution in [0.2, 0.25) is 0 Å². The van der Waals surface area contributed by atoms with Crippen LogP contribution in [0.1, 0.15) is 16.0 Å². The van der Waals surface area contributed by atoms with Crippen molar-refractivity contribution in [3.8, 4) is 0 Å². The number of nitrogens with two attached hydrogens (primary N) is 1. The van der Waals surface area contributed by atoms with E-state index in [0.717, 1.165) is 18.8 Å². The Kier molecular flexibility index (Phi) is 3.82. The fraction of sp³-hybridized carbons (Fsp3) is 0.286. The van der Waals surface area contributed by atoms with Crippen molar-refractivity contribution < 1.29 is 0 Å². The molecule has 0 saturated heterocycles. The van der Waals surface area contributed by atoms with E-state index in [1.807, 2.05) is 23.5 Å². The molecule has 0 saturated carbocycles.